The zero-order valence-electron chi connectivity index (χ0n) is 6.37. The van der Waals surface area contributed by atoms with E-state index in [9.17, 15) is 5.11 Å². The molecule has 1 aliphatic rings. The Hall–Kier alpha value is -0.461. The van der Waals surface area contributed by atoms with E-state index in [0.717, 1.165) is 0 Å². The van der Waals surface area contributed by atoms with Crippen LogP contribution in [0.3, 0.4) is 0 Å². The van der Waals surface area contributed by atoms with Gasteiger partial charge in [0.15, 0.2) is 0 Å². The number of hydrogen-bond acceptors (Lipinski definition) is 1. The van der Waals surface area contributed by atoms with Crippen molar-refractivity contribution in [2.75, 3.05) is 0 Å². The third-order valence-corrected chi connectivity index (χ3v) is 4.84. The first-order chi connectivity index (χ1) is 5.27. The Morgan fingerprint density at radius 1 is 1.55 bits per heavy atom. The van der Waals surface area contributed by atoms with E-state index in [0.29, 0.717) is 26.6 Å². The van der Waals surface area contributed by atoms with Crippen LogP contribution >= 0.6 is 0 Å². The summed E-state index contributed by atoms with van der Waals surface area (Å²) >= 11 is 0.655. The average molecular weight is 213 g/mol. The number of phenols is 1. The van der Waals surface area contributed by atoms with Gasteiger partial charge in [-0.15, -0.1) is 0 Å². The fourth-order valence-corrected chi connectivity index (χ4v) is 3.87. The van der Waals surface area contributed by atoms with Gasteiger partial charge in [0.25, 0.3) is 0 Å². The Bertz CT molecular complexity index is 283. The average Bonchev–Trinajstić information content (AvgIpc) is 2.33. The summed E-state index contributed by atoms with van der Waals surface area (Å²) in [6.07, 6.45) is 0. The van der Waals surface area contributed by atoms with Gasteiger partial charge in [0.05, 0.1) is 0 Å². The summed E-state index contributed by atoms with van der Waals surface area (Å²) in [5.74, 6) is 1.07. The number of aromatic hydroxyl groups is 1. The number of fused-ring (bicyclic) bond motifs is 1. The monoisotopic (exact) mass is 214 g/mol. The van der Waals surface area contributed by atoms with Crippen molar-refractivity contribution in [3.8, 4) is 5.75 Å². The SMILES string of the molecule is CC1C[Se]c2ccc(O)cc21. The van der Waals surface area contributed by atoms with E-state index in [1.807, 2.05) is 6.07 Å². The van der Waals surface area contributed by atoms with Crippen molar-refractivity contribution < 1.29 is 5.11 Å². The topological polar surface area (TPSA) is 20.2 Å². The maximum absolute atomic E-state index is 9.22. The summed E-state index contributed by atoms with van der Waals surface area (Å²) in [6, 6.07) is 5.77. The van der Waals surface area contributed by atoms with Crippen molar-refractivity contribution in [3.63, 3.8) is 0 Å². The van der Waals surface area contributed by atoms with Gasteiger partial charge < -0.3 is 0 Å². The maximum atomic E-state index is 9.22. The molecule has 58 valence electrons. The molecule has 0 spiro atoms. The summed E-state index contributed by atoms with van der Waals surface area (Å²) in [6.45, 7) is 2.23. The zero-order chi connectivity index (χ0) is 7.84. The summed E-state index contributed by atoms with van der Waals surface area (Å²) in [7, 11) is 0. The van der Waals surface area contributed by atoms with Gasteiger partial charge in [0.1, 0.15) is 0 Å². The molecule has 0 amide bonds. The standard InChI is InChI=1S/C9H10OSe/c1-6-5-11-9-3-2-7(10)4-8(6)9/h2-4,6,10H,5H2,1H3. The number of benzene rings is 1. The molecular formula is C9H10OSe. The molecule has 0 fully saturated rings. The molecular weight excluding hydrogens is 203 g/mol. The first-order valence-corrected chi connectivity index (χ1v) is 5.80. The van der Waals surface area contributed by atoms with Crippen LogP contribution in [-0.2, 0) is 0 Å². The first kappa shape index (κ1) is 7.20. The molecule has 0 saturated heterocycles. The van der Waals surface area contributed by atoms with E-state index in [-0.39, 0.29) is 0 Å². The van der Waals surface area contributed by atoms with Gasteiger partial charge in [-0.05, 0) is 0 Å². The molecule has 0 saturated carbocycles. The van der Waals surface area contributed by atoms with E-state index in [2.05, 4.69) is 13.0 Å². The molecule has 1 heterocycles. The van der Waals surface area contributed by atoms with E-state index in [1.54, 1.807) is 6.07 Å². The van der Waals surface area contributed by atoms with Crippen LogP contribution in [0.4, 0.5) is 0 Å². The second-order valence-electron chi connectivity index (χ2n) is 2.93. The van der Waals surface area contributed by atoms with Crippen LogP contribution in [0.15, 0.2) is 18.2 Å². The number of phenolic OH excluding ortho intramolecular Hbond substituents is 1. The fourth-order valence-electron chi connectivity index (χ4n) is 1.36. The van der Waals surface area contributed by atoms with E-state index in [1.165, 1.54) is 15.3 Å². The molecule has 1 atom stereocenters. The second kappa shape index (κ2) is 2.54. The van der Waals surface area contributed by atoms with Crippen molar-refractivity contribution in [1.82, 2.24) is 0 Å². The third-order valence-electron chi connectivity index (χ3n) is 2.01. The van der Waals surface area contributed by atoms with Gasteiger partial charge in [-0.2, -0.15) is 0 Å². The molecule has 2 rings (SSSR count). The molecule has 0 bridgehead atoms. The normalized spacial score (nSPS) is 21.7. The Morgan fingerprint density at radius 3 is 3.18 bits per heavy atom. The second-order valence-corrected chi connectivity index (χ2v) is 5.16. The third kappa shape index (κ3) is 1.17. The van der Waals surface area contributed by atoms with Crippen molar-refractivity contribution in [2.24, 2.45) is 0 Å². The summed E-state index contributed by atoms with van der Waals surface area (Å²) < 4.78 is 1.47. The Labute approximate surface area is 72.6 Å². The van der Waals surface area contributed by atoms with Crippen LogP contribution in [-0.4, -0.2) is 20.1 Å². The molecule has 0 aliphatic carbocycles. The Kier molecular flexibility index (Phi) is 1.67. The van der Waals surface area contributed by atoms with Gasteiger partial charge in [0, 0.05) is 0 Å². The van der Waals surface area contributed by atoms with Crippen LogP contribution in [0.5, 0.6) is 5.75 Å². The van der Waals surface area contributed by atoms with E-state index < -0.39 is 0 Å². The van der Waals surface area contributed by atoms with Gasteiger partial charge in [0.2, 0.25) is 0 Å². The van der Waals surface area contributed by atoms with Crippen molar-refractivity contribution >= 4 is 19.4 Å². The minimum absolute atomic E-state index is 0.410. The fraction of sp³-hybridized carbons (Fsp3) is 0.333. The van der Waals surface area contributed by atoms with Gasteiger partial charge in [-0.3, -0.25) is 0 Å². The van der Waals surface area contributed by atoms with Gasteiger partial charge in [-0.1, -0.05) is 0 Å². The minimum atomic E-state index is 0.410. The first-order valence-electron chi connectivity index (χ1n) is 3.73. The number of hydrogen-bond donors (Lipinski definition) is 1. The van der Waals surface area contributed by atoms with Crippen LogP contribution in [0.1, 0.15) is 18.4 Å². The van der Waals surface area contributed by atoms with Gasteiger partial charge in [-0.25, -0.2) is 0 Å². The molecule has 1 aromatic rings. The molecule has 2 heteroatoms. The molecule has 1 unspecified atom stereocenters. The van der Waals surface area contributed by atoms with Crippen molar-refractivity contribution in [2.45, 2.75) is 18.2 Å². The van der Waals surface area contributed by atoms with E-state index in [4.69, 9.17) is 0 Å². The van der Waals surface area contributed by atoms with Crippen LogP contribution in [0.25, 0.3) is 0 Å². The molecule has 0 aromatic heterocycles. The molecule has 0 radical (unpaired) electrons. The molecule has 1 aliphatic heterocycles. The molecule has 1 nitrogen and oxygen atoms in total. The predicted octanol–water partition coefficient (Wildman–Crippen LogP) is 1.26. The van der Waals surface area contributed by atoms with E-state index >= 15 is 0 Å². The summed E-state index contributed by atoms with van der Waals surface area (Å²) in [4.78, 5) is 0. The summed E-state index contributed by atoms with van der Waals surface area (Å²) in [5, 5.41) is 10.5. The quantitative estimate of drug-likeness (QED) is 0.643. The van der Waals surface area contributed by atoms with Crippen molar-refractivity contribution in [3.05, 3.63) is 23.8 Å². The molecule has 11 heavy (non-hydrogen) atoms. The zero-order valence-corrected chi connectivity index (χ0v) is 8.09. The van der Waals surface area contributed by atoms with Crippen molar-refractivity contribution in [1.29, 1.82) is 0 Å². The summed E-state index contributed by atoms with van der Waals surface area (Å²) in [5.41, 5.74) is 1.37. The Balaban J connectivity index is 2.52. The number of rotatable bonds is 0. The van der Waals surface area contributed by atoms with Crippen LogP contribution < -0.4 is 4.46 Å². The van der Waals surface area contributed by atoms with Gasteiger partial charge >= 0.3 is 72.2 Å². The van der Waals surface area contributed by atoms with Crippen LogP contribution in [0, 0.1) is 0 Å². The van der Waals surface area contributed by atoms with Crippen LogP contribution in [0.2, 0.25) is 5.32 Å². The molecule has 1 aromatic carbocycles. The molecule has 1 N–H and O–H groups in total. The predicted molar refractivity (Wildman–Crippen MR) is 46.7 cm³/mol. The Morgan fingerprint density at radius 2 is 2.36 bits per heavy atom.